The fourth-order valence-corrected chi connectivity index (χ4v) is 1.71. The molecule has 0 atom stereocenters. The van der Waals surface area contributed by atoms with E-state index in [1.165, 1.54) is 19.3 Å². The fourth-order valence-electron chi connectivity index (χ4n) is 1.71. The second kappa shape index (κ2) is 7.88. The Morgan fingerprint density at radius 2 is 1.82 bits per heavy atom. The second-order valence-corrected chi connectivity index (χ2v) is 4.43. The number of carbonyl (C=O) groups excluding carboxylic acids is 1. The summed E-state index contributed by atoms with van der Waals surface area (Å²) < 4.78 is 5.63. The first-order valence-corrected chi connectivity index (χ1v) is 6.43. The highest BCUT2D eigenvalue weighted by Crippen LogP contribution is 2.13. The van der Waals surface area contributed by atoms with Gasteiger partial charge in [0.1, 0.15) is 11.5 Å². The van der Waals surface area contributed by atoms with E-state index in [2.05, 4.69) is 6.92 Å². The van der Waals surface area contributed by atoms with Gasteiger partial charge in [0.15, 0.2) is 0 Å². The summed E-state index contributed by atoms with van der Waals surface area (Å²) in [6, 6.07) is 7.81. The Morgan fingerprint density at radius 3 is 2.41 bits per heavy atom. The van der Waals surface area contributed by atoms with E-state index in [9.17, 15) is 4.79 Å². The van der Waals surface area contributed by atoms with Gasteiger partial charge in [-0.25, -0.2) is 0 Å². The minimum atomic E-state index is 0.193. The van der Waals surface area contributed by atoms with Gasteiger partial charge in [-0.3, -0.25) is 4.79 Å². The molecule has 1 aromatic rings. The minimum absolute atomic E-state index is 0.193. The molecule has 1 rings (SSSR count). The maximum Gasteiger partial charge on any atom is 0.134 e. The molecule has 17 heavy (non-hydrogen) atoms. The molecule has 0 aliphatic rings. The van der Waals surface area contributed by atoms with E-state index < -0.39 is 0 Å². The molecule has 0 unspecified atom stereocenters. The number of unbranched alkanes of at least 4 members (excludes halogenated alkanes) is 3. The lowest BCUT2D eigenvalue weighted by atomic mass is 10.1. The molecule has 2 heteroatoms. The van der Waals surface area contributed by atoms with Crippen molar-refractivity contribution >= 4 is 5.78 Å². The van der Waals surface area contributed by atoms with Crippen molar-refractivity contribution in [2.24, 2.45) is 0 Å². The summed E-state index contributed by atoms with van der Waals surface area (Å²) in [4.78, 5) is 10.9. The van der Waals surface area contributed by atoms with Gasteiger partial charge in [-0.15, -0.1) is 0 Å². The number of hydrogen-bond donors (Lipinski definition) is 0. The Labute approximate surface area is 104 Å². The molecule has 1 aromatic carbocycles. The molecule has 0 aromatic heterocycles. The summed E-state index contributed by atoms with van der Waals surface area (Å²) >= 11 is 0. The van der Waals surface area contributed by atoms with Crippen LogP contribution in [0.25, 0.3) is 0 Å². The molecule has 0 heterocycles. The van der Waals surface area contributed by atoms with Crippen molar-refractivity contribution in [3.63, 3.8) is 0 Å². The minimum Gasteiger partial charge on any atom is -0.494 e. The summed E-state index contributed by atoms with van der Waals surface area (Å²) in [6.07, 6.45) is 5.39. The average molecular weight is 234 g/mol. The van der Waals surface area contributed by atoms with Crippen molar-refractivity contribution in [3.05, 3.63) is 29.8 Å². The number of carbonyl (C=O) groups is 1. The van der Waals surface area contributed by atoms with Crippen LogP contribution >= 0.6 is 0 Å². The van der Waals surface area contributed by atoms with Crippen LogP contribution in [0, 0.1) is 0 Å². The number of benzene rings is 1. The highest BCUT2D eigenvalue weighted by atomic mass is 16.5. The lowest BCUT2D eigenvalue weighted by Crippen LogP contribution is -1.99. The van der Waals surface area contributed by atoms with Crippen LogP contribution in [-0.4, -0.2) is 12.4 Å². The zero-order valence-electron chi connectivity index (χ0n) is 10.9. The molecule has 0 fully saturated rings. The van der Waals surface area contributed by atoms with Crippen LogP contribution in [0.1, 0.15) is 45.1 Å². The maximum absolute atomic E-state index is 10.9. The van der Waals surface area contributed by atoms with E-state index in [1.54, 1.807) is 6.92 Å². The number of ketones is 1. The number of ether oxygens (including phenoxy) is 1. The second-order valence-electron chi connectivity index (χ2n) is 4.43. The highest BCUT2D eigenvalue weighted by molar-refractivity contribution is 5.78. The monoisotopic (exact) mass is 234 g/mol. The third-order valence-corrected chi connectivity index (χ3v) is 2.64. The predicted molar refractivity (Wildman–Crippen MR) is 70.5 cm³/mol. The van der Waals surface area contributed by atoms with Gasteiger partial charge in [0.2, 0.25) is 0 Å². The van der Waals surface area contributed by atoms with Crippen molar-refractivity contribution in [2.75, 3.05) is 6.61 Å². The van der Waals surface area contributed by atoms with Gasteiger partial charge in [0.25, 0.3) is 0 Å². The molecule has 0 amide bonds. The normalized spacial score (nSPS) is 10.2. The number of Topliss-reactive ketones (excluding diaryl/α,β-unsaturated/α-hetero) is 1. The zero-order valence-corrected chi connectivity index (χ0v) is 10.9. The van der Waals surface area contributed by atoms with Gasteiger partial charge in [-0.1, -0.05) is 38.3 Å². The van der Waals surface area contributed by atoms with Crippen LogP contribution in [0.4, 0.5) is 0 Å². The van der Waals surface area contributed by atoms with Crippen LogP contribution in [0.2, 0.25) is 0 Å². The lowest BCUT2D eigenvalue weighted by Gasteiger charge is -2.06. The van der Waals surface area contributed by atoms with Crippen molar-refractivity contribution < 1.29 is 9.53 Å². The standard InChI is InChI=1S/C15H22O2/c1-3-4-5-6-11-17-15-9-7-14(8-10-15)12-13(2)16/h7-10H,3-6,11-12H2,1-2H3. The molecule has 0 bridgehead atoms. The van der Waals surface area contributed by atoms with Gasteiger partial charge >= 0.3 is 0 Å². The summed E-state index contributed by atoms with van der Waals surface area (Å²) in [6.45, 7) is 4.60. The molecule has 94 valence electrons. The van der Waals surface area contributed by atoms with E-state index in [0.717, 1.165) is 24.3 Å². The van der Waals surface area contributed by atoms with E-state index in [4.69, 9.17) is 4.74 Å². The first kappa shape index (κ1) is 13.8. The number of hydrogen-bond acceptors (Lipinski definition) is 2. The molecule has 2 nitrogen and oxygen atoms in total. The van der Waals surface area contributed by atoms with E-state index in [-0.39, 0.29) is 5.78 Å². The van der Waals surface area contributed by atoms with Crippen LogP contribution in [-0.2, 0) is 11.2 Å². The summed E-state index contributed by atoms with van der Waals surface area (Å²) in [7, 11) is 0. The van der Waals surface area contributed by atoms with E-state index in [1.807, 2.05) is 24.3 Å². The lowest BCUT2D eigenvalue weighted by molar-refractivity contribution is -0.116. The molecular formula is C15H22O2. The van der Waals surface area contributed by atoms with Gasteiger partial charge in [-0.05, 0) is 31.0 Å². The summed E-state index contributed by atoms with van der Waals surface area (Å²) in [5.74, 6) is 1.09. The predicted octanol–water partition coefficient (Wildman–Crippen LogP) is 3.78. The maximum atomic E-state index is 10.9. The van der Waals surface area contributed by atoms with Crippen molar-refractivity contribution in [2.45, 2.75) is 46.0 Å². The van der Waals surface area contributed by atoms with Crippen LogP contribution in [0.15, 0.2) is 24.3 Å². The third kappa shape index (κ3) is 6.10. The highest BCUT2D eigenvalue weighted by Gasteiger charge is 1.98. The van der Waals surface area contributed by atoms with Crippen molar-refractivity contribution in [1.82, 2.24) is 0 Å². The molecule has 0 spiro atoms. The Hall–Kier alpha value is -1.31. The Balaban J connectivity index is 2.28. The topological polar surface area (TPSA) is 26.3 Å². The molecule has 0 radical (unpaired) electrons. The molecule has 0 saturated heterocycles. The smallest absolute Gasteiger partial charge is 0.134 e. The molecule has 0 aliphatic heterocycles. The van der Waals surface area contributed by atoms with Gasteiger partial charge in [0, 0.05) is 6.42 Å². The molecule has 0 aliphatic carbocycles. The summed E-state index contributed by atoms with van der Waals surface area (Å²) in [5, 5.41) is 0. The van der Waals surface area contributed by atoms with Crippen molar-refractivity contribution in [3.8, 4) is 5.75 Å². The summed E-state index contributed by atoms with van der Waals surface area (Å²) in [5.41, 5.74) is 1.05. The van der Waals surface area contributed by atoms with E-state index in [0.29, 0.717) is 6.42 Å². The Kier molecular flexibility index (Phi) is 6.38. The quantitative estimate of drug-likeness (QED) is 0.640. The van der Waals surface area contributed by atoms with E-state index >= 15 is 0 Å². The SMILES string of the molecule is CCCCCCOc1ccc(CC(C)=O)cc1. The molecule has 0 saturated carbocycles. The van der Waals surface area contributed by atoms with Gasteiger partial charge in [-0.2, -0.15) is 0 Å². The zero-order chi connectivity index (χ0) is 12.5. The first-order valence-electron chi connectivity index (χ1n) is 6.43. The average Bonchev–Trinajstić information content (AvgIpc) is 2.30. The van der Waals surface area contributed by atoms with Crippen molar-refractivity contribution in [1.29, 1.82) is 0 Å². The van der Waals surface area contributed by atoms with Gasteiger partial charge < -0.3 is 4.74 Å². The first-order chi connectivity index (χ1) is 8.22. The Bertz CT molecular complexity index is 327. The molecule has 0 N–H and O–H groups in total. The van der Waals surface area contributed by atoms with Gasteiger partial charge in [0.05, 0.1) is 6.61 Å². The largest absolute Gasteiger partial charge is 0.494 e. The third-order valence-electron chi connectivity index (χ3n) is 2.64. The Morgan fingerprint density at radius 1 is 1.12 bits per heavy atom. The van der Waals surface area contributed by atoms with Crippen LogP contribution < -0.4 is 4.74 Å². The number of rotatable bonds is 8. The fraction of sp³-hybridized carbons (Fsp3) is 0.533. The van der Waals surface area contributed by atoms with Crippen LogP contribution in [0.5, 0.6) is 5.75 Å². The molecular weight excluding hydrogens is 212 g/mol. The van der Waals surface area contributed by atoms with Crippen LogP contribution in [0.3, 0.4) is 0 Å².